The Morgan fingerprint density at radius 2 is 1.73 bits per heavy atom. The van der Waals surface area contributed by atoms with Gasteiger partial charge >= 0.3 is 6.09 Å². The Hall–Kier alpha value is -3.08. The highest BCUT2D eigenvalue weighted by atomic mass is 16.5. The summed E-state index contributed by atoms with van der Waals surface area (Å²) in [4.78, 5) is 15.6. The van der Waals surface area contributed by atoms with Crippen LogP contribution in [0.15, 0.2) is 60.8 Å². The number of methoxy groups -OCH3 is 1. The highest BCUT2D eigenvalue weighted by Gasteiger charge is 2.03. The zero-order valence-corrected chi connectivity index (χ0v) is 12.0. The lowest BCUT2D eigenvalue weighted by Crippen LogP contribution is -2.10. The van der Waals surface area contributed by atoms with Gasteiger partial charge in [0.05, 0.1) is 18.3 Å². The van der Waals surface area contributed by atoms with E-state index in [0.29, 0.717) is 5.69 Å². The van der Waals surface area contributed by atoms with E-state index in [-0.39, 0.29) is 0 Å². The molecule has 0 aliphatic heterocycles. The number of nitrogens with zero attached hydrogens (tertiary/aromatic N) is 1. The fourth-order valence-corrected chi connectivity index (χ4v) is 2.17. The maximum atomic E-state index is 11.1. The molecule has 0 bridgehead atoms. The van der Waals surface area contributed by atoms with Crippen LogP contribution in [0.4, 0.5) is 21.9 Å². The molecule has 0 radical (unpaired) electrons. The van der Waals surface area contributed by atoms with E-state index in [9.17, 15) is 4.79 Å². The van der Waals surface area contributed by atoms with E-state index in [2.05, 4.69) is 20.4 Å². The van der Waals surface area contributed by atoms with Gasteiger partial charge in [-0.05, 0) is 36.4 Å². The summed E-state index contributed by atoms with van der Waals surface area (Å²) in [7, 11) is 1.33. The van der Waals surface area contributed by atoms with Crippen LogP contribution in [0.25, 0.3) is 10.9 Å². The number of anilines is 3. The molecule has 3 aromatic rings. The summed E-state index contributed by atoms with van der Waals surface area (Å²) < 4.78 is 4.55. The number of hydrogen-bond acceptors (Lipinski definition) is 4. The molecule has 22 heavy (non-hydrogen) atoms. The monoisotopic (exact) mass is 293 g/mol. The average molecular weight is 293 g/mol. The summed E-state index contributed by atoms with van der Waals surface area (Å²) in [6, 6.07) is 17.3. The predicted octanol–water partition coefficient (Wildman–Crippen LogP) is 4.16. The van der Waals surface area contributed by atoms with Gasteiger partial charge in [0.25, 0.3) is 0 Å². The van der Waals surface area contributed by atoms with Gasteiger partial charge in [-0.3, -0.25) is 10.3 Å². The molecule has 0 saturated heterocycles. The quantitative estimate of drug-likeness (QED) is 0.761. The Labute approximate surface area is 127 Å². The van der Waals surface area contributed by atoms with Crippen molar-refractivity contribution in [2.45, 2.75) is 0 Å². The van der Waals surface area contributed by atoms with Crippen LogP contribution in [-0.2, 0) is 4.74 Å². The van der Waals surface area contributed by atoms with Crippen molar-refractivity contribution in [1.82, 2.24) is 4.98 Å². The second-order valence-electron chi connectivity index (χ2n) is 4.70. The normalized spacial score (nSPS) is 10.2. The van der Waals surface area contributed by atoms with E-state index in [0.717, 1.165) is 22.3 Å². The predicted molar refractivity (Wildman–Crippen MR) is 87.5 cm³/mol. The SMILES string of the molecule is COC(=O)Nc1ccc(Nc2cccc3cccnc23)cc1. The molecule has 0 aliphatic carbocycles. The first kappa shape index (κ1) is 13.9. The third-order valence-corrected chi connectivity index (χ3v) is 3.23. The number of rotatable bonds is 3. The molecule has 0 saturated carbocycles. The second kappa shape index (κ2) is 6.13. The number of aromatic nitrogens is 1. The summed E-state index contributed by atoms with van der Waals surface area (Å²) in [6.45, 7) is 0. The van der Waals surface area contributed by atoms with Gasteiger partial charge in [0, 0.05) is 23.0 Å². The Balaban J connectivity index is 1.82. The number of hydrogen-bond donors (Lipinski definition) is 2. The first-order chi connectivity index (χ1) is 10.8. The average Bonchev–Trinajstić information content (AvgIpc) is 2.57. The maximum Gasteiger partial charge on any atom is 0.411 e. The molecule has 5 nitrogen and oxygen atoms in total. The first-order valence-electron chi connectivity index (χ1n) is 6.82. The Morgan fingerprint density at radius 1 is 1.00 bits per heavy atom. The van der Waals surface area contributed by atoms with Crippen LogP contribution in [0.1, 0.15) is 0 Å². The maximum absolute atomic E-state index is 11.1. The van der Waals surface area contributed by atoms with Crippen LogP contribution in [0.5, 0.6) is 0 Å². The van der Waals surface area contributed by atoms with Crippen LogP contribution in [0.2, 0.25) is 0 Å². The minimum Gasteiger partial charge on any atom is -0.453 e. The number of carbonyl (C=O) groups excluding carboxylic acids is 1. The van der Waals surface area contributed by atoms with Crippen molar-refractivity contribution < 1.29 is 9.53 Å². The number of carbonyl (C=O) groups is 1. The molecule has 1 amide bonds. The van der Waals surface area contributed by atoms with Crippen molar-refractivity contribution in [2.24, 2.45) is 0 Å². The van der Waals surface area contributed by atoms with Crippen LogP contribution < -0.4 is 10.6 Å². The van der Waals surface area contributed by atoms with Gasteiger partial charge in [-0.1, -0.05) is 18.2 Å². The molecular weight excluding hydrogens is 278 g/mol. The largest absolute Gasteiger partial charge is 0.453 e. The smallest absolute Gasteiger partial charge is 0.411 e. The van der Waals surface area contributed by atoms with Crippen LogP contribution in [-0.4, -0.2) is 18.2 Å². The summed E-state index contributed by atoms with van der Waals surface area (Å²) >= 11 is 0. The molecule has 2 N–H and O–H groups in total. The molecule has 3 rings (SSSR count). The van der Waals surface area contributed by atoms with Gasteiger partial charge in [0.2, 0.25) is 0 Å². The zero-order valence-electron chi connectivity index (χ0n) is 12.0. The number of amides is 1. The molecular formula is C17H15N3O2. The topological polar surface area (TPSA) is 63.2 Å². The van der Waals surface area contributed by atoms with Gasteiger partial charge in [-0.2, -0.15) is 0 Å². The molecule has 0 fully saturated rings. The van der Waals surface area contributed by atoms with Crippen LogP contribution >= 0.6 is 0 Å². The fraction of sp³-hybridized carbons (Fsp3) is 0.0588. The summed E-state index contributed by atoms with van der Waals surface area (Å²) in [5.41, 5.74) is 3.44. The minimum atomic E-state index is -0.487. The number of para-hydroxylation sites is 1. The molecule has 1 heterocycles. The van der Waals surface area contributed by atoms with Gasteiger partial charge in [-0.25, -0.2) is 4.79 Å². The van der Waals surface area contributed by atoms with Crippen LogP contribution in [0.3, 0.4) is 0 Å². The third-order valence-electron chi connectivity index (χ3n) is 3.23. The van der Waals surface area contributed by atoms with Crippen LogP contribution in [0, 0.1) is 0 Å². The Kier molecular flexibility index (Phi) is 3.87. The van der Waals surface area contributed by atoms with Crippen molar-refractivity contribution in [1.29, 1.82) is 0 Å². The Bertz CT molecular complexity index is 795. The fourth-order valence-electron chi connectivity index (χ4n) is 2.17. The number of benzene rings is 2. The van der Waals surface area contributed by atoms with E-state index in [4.69, 9.17) is 0 Å². The summed E-state index contributed by atoms with van der Waals surface area (Å²) in [5, 5.41) is 7.03. The molecule has 0 spiro atoms. The zero-order chi connectivity index (χ0) is 15.4. The molecule has 0 aliphatic rings. The third kappa shape index (κ3) is 2.98. The van der Waals surface area contributed by atoms with Crippen molar-refractivity contribution in [3.63, 3.8) is 0 Å². The van der Waals surface area contributed by atoms with Crippen molar-refractivity contribution in [2.75, 3.05) is 17.7 Å². The molecule has 0 unspecified atom stereocenters. The molecule has 110 valence electrons. The number of nitrogens with one attached hydrogen (secondary N) is 2. The molecule has 1 aromatic heterocycles. The van der Waals surface area contributed by atoms with E-state index in [1.165, 1.54) is 7.11 Å². The van der Waals surface area contributed by atoms with E-state index >= 15 is 0 Å². The number of pyridine rings is 1. The minimum absolute atomic E-state index is 0.487. The van der Waals surface area contributed by atoms with E-state index < -0.39 is 6.09 Å². The highest BCUT2D eigenvalue weighted by molar-refractivity contribution is 5.92. The highest BCUT2D eigenvalue weighted by Crippen LogP contribution is 2.25. The molecule has 2 aromatic carbocycles. The van der Waals surface area contributed by atoms with Gasteiger partial charge in [0.1, 0.15) is 0 Å². The van der Waals surface area contributed by atoms with E-state index in [1.54, 1.807) is 18.3 Å². The van der Waals surface area contributed by atoms with E-state index in [1.807, 2.05) is 42.5 Å². The summed E-state index contributed by atoms with van der Waals surface area (Å²) in [6.07, 6.45) is 1.29. The number of fused-ring (bicyclic) bond motifs is 1. The molecule has 0 atom stereocenters. The lowest BCUT2D eigenvalue weighted by Gasteiger charge is -2.10. The lowest BCUT2D eigenvalue weighted by atomic mass is 10.2. The standard InChI is InChI=1S/C17H15N3O2/c1-22-17(21)20-14-9-7-13(8-10-14)19-15-6-2-4-12-5-3-11-18-16(12)15/h2-11,19H,1H3,(H,20,21). The van der Waals surface area contributed by atoms with Gasteiger partial charge in [-0.15, -0.1) is 0 Å². The molecule has 5 heteroatoms. The van der Waals surface area contributed by atoms with Crippen molar-refractivity contribution in [3.8, 4) is 0 Å². The second-order valence-corrected chi connectivity index (χ2v) is 4.70. The Morgan fingerprint density at radius 3 is 2.50 bits per heavy atom. The first-order valence-corrected chi connectivity index (χ1v) is 6.82. The number of ether oxygens (including phenoxy) is 1. The summed E-state index contributed by atoms with van der Waals surface area (Å²) in [5.74, 6) is 0. The van der Waals surface area contributed by atoms with Crippen molar-refractivity contribution in [3.05, 3.63) is 60.8 Å². The van der Waals surface area contributed by atoms with Crippen molar-refractivity contribution >= 4 is 34.1 Å². The van der Waals surface area contributed by atoms with Gasteiger partial charge in [0.15, 0.2) is 0 Å². The van der Waals surface area contributed by atoms with Gasteiger partial charge < -0.3 is 10.1 Å². The lowest BCUT2D eigenvalue weighted by molar-refractivity contribution is 0.187.